The molecule has 0 nitrogen and oxygen atoms in total. The highest BCUT2D eigenvalue weighted by Gasteiger charge is 2.05. The van der Waals surface area contributed by atoms with Crippen molar-refractivity contribution in [1.29, 1.82) is 0 Å². The lowest BCUT2D eigenvalue weighted by molar-refractivity contribution is 0.420. The van der Waals surface area contributed by atoms with E-state index in [1.807, 2.05) is 12.2 Å². The zero-order chi connectivity index (χ0) is 8.91. The molecule has 0 bridgehead atoms. The molecule has 0 amide bonds. The highest BCUT2D eigenvalue weighted by Crippen LogP contribution is 2.19. The molecular weight excluding hydrogens is 139 g/mol. The highest BCUT2D eigenvalue weighted by molar-refractivity contribution is 5.13. The summed E-state index contributed by atoms with van der Waals surface area (Å²) in [6.07, 6.45) is 5.42. The Morgan fingerprint density at radius 1 is 1.36 bits per heavy atom. The van der Waals surface area contributed by atoms with Crippen LogP contribution in [0.15, 0.2) is 24.1 Å². The molecule has 0 aliphatic carbocycles. The minimum Gasteiger partial charge on any atom is -0.215 e. The zero-order valence-electron chi connectivity index (χ0n) is 7.82. The first kappa shape index (κ1) is 10.4. The van der Waals surface area contributed by atoms with E-state index in [2.05, 4.69) is 20.8 Å². The van der Waals surface area contributed by atoms with Crippen LogP contribution in [0.2, 0.25) is 0 Å². The Morgan fingerprint density at radius 3 is 2.27 bits per heavy atom. The van der Waals surface area contributed by atoms with Crippen molar-refractivity contribution in [3.05, 3.63) is 24.1 Å². The zero-order valence-corrected chi connectivity index (χ0v) is 7.82. The maximum absolute atomic E-state index is 11.8. The Kier molecular flexibility index (Phi) is 4.09. The number of rotatable bonds is 2. The van der Waals surface area contributed by atoms with Crippen molar-refractivity contribution in [3.63, 3.8) is 0 Å². The van der Waals surface area contributed by atoms with Gasteiger partial charge in [0.05, 0.1) is 6.33 Å². The second kappa shape index (κ2) is 4.32. The fourth-order valence-corrected chi connectivity index (χ4v) is 0.635. The summed E-state index contributed by atoms with van der Waals surface area (Å²) in [5, 5.41) is 0. The van der Waals surface area contributed by atoms with Crippen LogP contribution in [0, 0.1) is 5.41 Å². The topological polar surface area (TPSA) is 0 Å². The molecule has 0 radical (unpaired) electrons. The first-order valence-corrected chi connectivity index (χ1v) is 3.89. The maximum atomic E-state index is 11.8. The molecule has 64 valence electrons. The molecule has 1 heteroatoms. The van der Waals surface area contributed by atoms with Gasteiger partial charge in [-0.3, -0.25) is 0 Å². The number of hydrogen-bond acceptors (Lipinski definition) is 0. The van der Waals surface area contributed by atoms with Crippen LogP contribution in [-0.4, -0.2) is 0 Å². The molecule has 0 rings (SSSR count). The van der Waals surface area contributed by atoms with Gasteiger partial charge in [0.25, 0.3) is 0 Å². The maximum Gasteiger partial charge on any atom is 0.0895 e. The Balaban J connectivity index is 3.79. The van der Waals surface area contributed by atoms with Crippen molar-refractivity contribution in [3.8, 4) is 0 Å². The van der Waals surface area contributed by atoms with E-state index in [9.17, 15) is 4.39 Å². The molecule has 0 aromatic heterocycles. The van der Waals surface area contributed by atoms with E-state index in [4.69, 9.17) is 0 Å². The summed E-state index contributed by atoms with van der Waals surface area (Å²) in [4.78, 5) is 0. The molecule has 11 heavy (non-hydrogen) atoms. The van der Waals surface area contributed by atoms with E-state index in [1.54, 1.807) is 6.92 Å². The number of hydrogen-bond donors (Lipinski definition) is 0. The smallest absolute Gasteiger partial charge is 0.0895 e. The van der Waals surface area contributed by atoms with Crippen molar-refractivity contribution in [1.82, 2.24) is 0 Å². The average Bonchev–Trinajstić information content (AvgIpc) is 1.85. The molecule has 0 aromatic rings. The molecule has 0 aliphatic heterocycles. The van der Waals surface area contributed by atoms with Gasteiger partial charge in [-0.25, -0.2) is 4.39 Å². The van der Waals surface area contributed by atoms with Crippen LogP contribution < -0.4 is 0 Å². The van der Waals surface area contributed by atoms with Crippen LogP contribution in [0.5, 0.6) is 0 Å². The van der Waals surface area contributed by atoms with Gasteiger partial charge in [-0.05, 0) is 24.3 Å². The molecule has 0 fully saturated rings. The molecule has 0 N–H and O–H groups in total. The Labute approximate surface area is 68.8 Å². The Hall–Kier alpha value is -0.590. The fourth-order valence-electron chi connectivity index (χ4n) is 0.635. The first-order chi connectivity index (χ1) is 4.95. The molecule has 0 aliphatic rings. The van der Waals surface area contributed by atoms with Crippen LogP contribution >= 0.6 is 0 Å². The summed E-state index contributed by atoms with van der Waals surface area (Å²) in [7, 11) is 0. The molecule has 0 unspecified atom stereocenters. The van der Waals surface area contributed by atoms with Crippen LogP contribution in [0.1, 0.15) is 34.1 Å². The van der Waals surface area contributed by atoms with Gasteiger partial charge in [-0.15, -0.1) is 0 Å². The molecule has 0 saturated heterocycles. The van der Waals surface area contributed by atoms with Gasteiger partial charge < -0.3 is 0 Å². The van der Waals surface area contributed by atoms with Crippen molar-refractivity contribution >= 4 is 0 Å². The number of halogens is 1. The van der Waals surface area contributed by atoms with Crippen LogP contribution in [0.3, 0.4) is 0 Å². The quantitative estimate of drug-likeness (QED) is 0.533. The third-order valence-corrected chi connectivity index (χ3v) is 1.28. The summed E-state index contributed by atoms with van der Waals surface area (Å²) in [5.74, 6) is 0. The van der Waals surface area contributed by atoms with E-state index in [0.717, 1.165) is 6.42 Å². The van der Waals surface area contributed by atoms with E-state index in [0.29, 0.717) is 17.3 Å². The largest absolute Gasteiger partial charge is 0.215 e. The number of allylic oxidation sites excluding steroid dienone is 3. The standard InChI is InChI=1S/C10H17F/c1-9(8-11)6-5-7-10(2,3)4/h5-6,8H,7H2,1-4H3/b6-5+,9-8+. The average molecular weight is 156 g/mol. The second-order valence-electron chi connectivity index (χ2n) is 4.02. The Bertz CT molecular complexity index is 158. The van der Waals surface area contributed by atoms with Crippen molar-refractivity contribution in [2.75, 3.05) is 0 Å². The lowest BCUT2D eigenvalue weighted by atomic mass is 9.92. The van der Waals surface area contributed by atoms with Gasteiger partial charge in [0.2, 0.25) is 0 Å². The van der Waals surface area contributed by atoms with Gasteiger partial charge in [0, 0.05) is 0 Å². The van der Waals surface area contributed by atoms with Gasteiger partial charge in [-0.1, -0.05) is 32.9 Å². The summed E-state index contributed by atoms with van der Waals surface area (Å²) in [6, 6.07) is 0. The van der Waals surface area contributed by atoms with Crippen LogP contribution in [-0.2, 0) is 0 Å². The first-order valence-electron chi connectivity index (χ1n) is 3.89. The summed E-state index contributed by atoms with van der Waals surface area (Å²) < 4.78 is 11.8. The lowest BCUT2D eigenvalue weighted by Gasteiger charge is -2.14. The van der Waals surface area contributed by atoms with E-state index >= 15 is 0 Å². The third kappa shape index (κ3) is 7.31. The SMILES string of the molecule is CC(/C=C/CC(C)(C)C)=C\F. The summed E-state index contributed by atoms with van der Waals surface area (Å²) in [5.41, 5.74) is 0.974. The van der Waals surface area contributed by atoms with Crippen molar-refractivity contribution in [2.45, 2.75) is 34.1 Å². The van der Waals surface area contributed by atoms with Crippen molar-refractivity contribution in [2.24, 2.45) is 5.41 Å². The predicted octanol–water partition coefficient (Wildman–Crippen LogP) is 3.85. The second-order valence-corrected chi connectivity index (χ2v) is 4.02. The van der Waals surface area contributed by atoms with Gasteiger partial charge >= 0.3 is 0 Å². The van der Waals surface area contributed by atoms with E-state index in [1.165, 1.54) is 0 Å². The molecular formula is C10H17F. The normalized spacial score (nSPS) is 14.5. The fraction of sp³-hybridized carbons (Fsp3) is 0.600. The minimum absolute atomic E-state index is 0.299. The van der Waals surface area contributed by atoms with E-state index < -0.39 is 0 Å². The third-order valence-electron chi connectivity index (χ3n) is 1.28. The predicted molar refractivity (Wildman–Crippen MR) is 48.1 cm³/mol. The molecule has 0 aromatic carbocycles. The van der Waals surface area contributed by atoms with Gasteiger partial charge in [0.15, 0.2) is 0 Å². The summed E-state index contributed by atoms with van der Waals surface area (Å²) >= 11 is 0. The lowest BCUT2D eigenvalue weighted by Crippen LogP contribution is -2.01. The van der Waals surface area contributed by atoms with Crippen LogP contribution in [0.25, 0.3) is 0 Å². The highest BCUT2D eigenvalue weighted by atomic mass is 19.1. The molecule has 0 atom stereocenters. The molecule has 0 spiro atoms. The van der Waals surface area contributed by atoms with Gasteiger partial charge in [0.1, 0.15) is 0 Å². The molecule has 0 saturated carbocycles. The van der Waals surface area contributed by atoms with E-state index in [-0.39, 0.29) is 0 Å². The van der Waals surface area contributed by atoms with Crippen molar-refractivity contribution < 1.29 is 4.39 Å². The Morgan fingerprint density at radius 2 is 1.91 bits per heavy atom. The summed E-state index contributed by atoms with van der Waals surface area (Å²) in [6.45, 7) is 8.22. The van der Waals surface area contributed by atoms with Gasteiger partial charge in [-0.2, -0.15) is 0 Å². The van der Waals surface area contributed by atoms with Crippen LogP contribution in [0.4, 0.5) is 4.39 Å². The monoisotopic (exact) mass is 156 g/mol. The minimum atomic E-state index is 0.299. The molecule has 0 heterocycles.